The minimum Gasteiger partial charge on any atom is -0.396 e. The van der Waals surface area contributed by atoms with Crippen LogP contribution in [0, 0.1) is 12.8 Å². The molecule has 1 aliphatic heterocycles. The molecule has 1 aromatic rings. The van der Waals surface area contributed by atoms with Gasteiger partial charge in [-0.25, -0.2) is 0 Å². The molecule has 2 heterocycles. The van der Waals surface area contributed by atoms with E-state index in [-0.39, 0.29) is 0 Å². The largest absolute Gasteiger partial charge is 0.396 e. The maximum Gasteiger partial charge on any atom is 0.0537 e. The van der Waals surface area contributed by atoms with Gasteiger partial charge in [0.05, 0.1) is 6.20 Å². The van der Waals surface area contributed by atoms with Crippen molar-refractivity contribution in [3.05, 3.63) is 17.5 Å². The van der Waals surface area contributed by atoms with Crippen molar-refractivity contribution in [1.82, 2.24) is 14.7 Å². The first kappa shape index (κ1) is 9.68. The molecule has 0 radical (unpaired) electrons. The maximum atomic E-state index is 8.89. The Balaban J connectivity index is 1.90. The molecule has 0 unspecified atom stereocenters. The molecule has 4 nitrogen and oxygen atoms in total. The molecule has 0 spiro atoms. The van der Waals surface area contributed by atoms with Gasteiger partial charge in [-0.05, 0) is 6.92 Å². The average molecular weight is 195 g/mol. The lowest BCUT2D eigenvalue weighted by Crippen LogP contribution is -2.47. The van der Waals surface area contributed by atoms with Gasteiger partial charge in [0.25, 0.3) is 0 Å². The summed E-state index contributed by atoms with van der Waals surface area (Å²) in [6.45, 7) is 5.42. The van der Waals surface area contributed by atoms with Crippen LogP contribution in [0.2, 0.25) is 0 Å². The Hall–Kier alpha value is -0.870. The third-order valence-corrected chi connectivity index (χ3v) is 3.02. The highest BCUT2D eigenvalue weighted by Crippen LogP contribution is 2.19. The van der Waals surface area contributed by atoms with E-state index in [2.05, 4.69) is 16.9 Å². The molecule has 1 fully saturated rings. The zero-order chi connectivity index (χ0) is 10.1. The second kappa shape index (κ2) is 3.71. The van der Waals surface area contributed by atoms with E-state index in [1.165, 1.54) is 11.3 Å². The molecule has 0 aromatic carbocycles. The number of nitrogens with zero attached hydrogens (tertiary/aromatic N) is 3. The van der Waals surface area contributed by atoms with E-state index >= 15 is 0 Å². The van der Waals surface area contributed by atoms with Crippen LogP contribution in [0.25, 0.3) is 0 Å². The first-order chi connectivity index (χ1) is 6.70. The first-order valence-corrected chi connectivity index (χ1v) is 5.01. The average Bonchev–Trinajstić information content (AvgIpc) is 2.41. The van der Waals surface area contributed by atoms with Crippen molar-refractivity contribution < 1.29 is 5.11 Å². The molecule has 1 saturated heterocycles. The standard InChI is InChI=1S/C10H17N3O/c1-8-10(3-11-12(8)2)6-13-4-9(5-13)7-14/h3,9,14H,4-7H2,1-2H3. The number of likely N-dealkylation sites (tertiary alicyclic amines) is 1. The van der Waals surface area contributed by atoms with E-state index in [0.29, 0.717) is 12.5 Å². The number of aliphatic hydroxyl groups excluding tert-OH is 1. The molecule has 0 aliphatic carbocycles. The lowest BCUT2D eigenvalue weighted by Gasteiger charge is -2.38. The van der Waals surface area contributed by atoms with Crippen molar-refractivity contribution in [3.63, 3.8) is 0 Å². The molecule has 1 N–H and O–H groups in total. The number of hydrogen-bond donors (Lipinski definition) is 1. The maximum absolute atomic E-state index is 8.89. The lowest BCUT2D eigenvalue weighted by atomic mass is 10.0. The van der Waals surface area contributed by atoms with Crippen molar-refractivity contribution in [1.29, 1.82) is 0 Å². The fourth-order valence-corrected chi connectivity index (χ4v) is 1.86. The van der Waals surface area contributed by atoms with Gasteiger partial charge in [0, 0.05) is 50.5 Å². The van der Waals surface area contributed by atoms with Crippen LogP contribution in [0.5, 0.6) is 0 Å². The summed E-state index contributed by atoms with van der Waals surface area (Å²) in [5, 5.41) is 13.1. The highest BCUT2D eigenvalue weighted by Gasteiger charge is 2.26. The summed E-state index contributed by atoms with van der Waals surface area (Å²) in [5.74, 6) is 0.493. The fourth-order valence-electron chi connectivity index (χ4n) is 1.86. The van der Waals surface area contributed by atoms with Gasteiger partial charge >= 0.3 is 0 Å². The molecular weight excluding hydrogens is 178 g/mol. The van der Waals surface area contributed by atoms with Gasteiger partial charge in [0.1, 0.15) is 0 Å². The van der Waals surface area contributed by atoms with E-state index in [4.69, 9.17) is 5.11 Å². The molecule has 0 bridgehead atoms. The number of rotatable bonds is 3. The van der Waals surface area contributed by atoms with Crippen LogP contribution in [0.15, 0.2) is 6.20 Å². The Morgan fingerprint density at radius 1 is 1.57 bits per heavy atom. The summed E-state index contributed by atoms with van der Waals surface area (Å²) in [6.07, 6.45) is 1.93. The van der Waals surface area contributed by atoms with E-state index < -0.39 is 0 Å². The van der Waals surface area contributed by atoms with Crippen LogP contribution >= 0.6 is 0 Å². The quantitative estimate of drug-likeness (QED) is 0.746. The van der Waals surface area contributed by atoms with Gasteiger partial charge in [0.15, 0.2) is 0 Å². The summed E-state index contributed by atoms with van der Waals surface area (Å²) in [6, 6.07) is 0. The zero-order valence-corrected chi connectivity index (χ0v) is 8.77. The van der Waals surface area contributed by atoms with Crippen molar-refractivity contribution in [3.8, 4) is 0 Å². The zero-order valence-electron chi connectivity index (χ0n) is 8.77. The van der Waals surface area contributed by atoms with Crippen LogP contribution in [-0.2, 0) is 13.6 Å². The van der Waals surface area contributed by atoms with E-state index in [1.54, 1.807) is 0 Å². The summed E-state index contributed by atoms with van der Waals surface area (Å²) < 4.78 is 1.90. The molecule has 0 saturated carbocycles. The summed E-state index contributed by atoms with van der Waals surface area (Å²) >= 11 is 0. The Morgan fingerprint density at radius 3 is 2.79 bits per heavy atom. The van der Waals surface area contributed by atoms with E-state index in [9.17, 15) is 0 Å². The molecule has 14 heavy (non-hydrogen) atoms. The SMILES string of the molecule is Cc1c(CN2CC(CO)C2)cnn1C. The van der Waals surface area contributed by atoms with Crippen LogP contribution in [0.1, 0.15) is 11.3 Å². The number of aromatic nitrogens is 2. The monoisotopic (exact) mass is 195 g/mol. The van der Waals surface area contributed by atoms with Gasteiger partial charge in [-0.3, -0.25) is 9.58 Å². The van der Waals surface area contributed by atoms with Crippen molar-refractivity contribution in [2.24, 2.45) is 13.0 Å². The molecule has 4 heteroatoms. The van der Waals surface area contributed by atoms with Gasteiger partial charge in [0.2, 0.25) is 0 Å². The van der Waals surface area contributed by atoms with Crippen LogP contribution in [0.3, 0.4) is 0 Å². The van der Waals surface area contributed by atoms with Crippen LogP contribution in [0.4, 0.5) is 0 Å². The van der Waals surface area contributed by atoms with Crippen molar-refractivity contribution in [2.45, 2.75) is 13.5 Å². The molecule has 1 aliphatic rings. The normalized spacial score (nSPS) is 18.5. The van der Waals surface area contributed by atoms with Gasteiger partial charge in [-0.15, -0.1) is 0 Å². The van der Waals surface area contributed by atoms with Crippen molar-refractivity contribution >= 4 is 0 Å². The third-order valence-electron chi connectivity index (χ3n) is 3.02. The van der Waals surface area contributed by atoms with E-state index in [1.807, 2.05) is 17.9 Å². The van der Waals surface area contributed by atoms with Crippen LogP contribution < -0.4 is 0 Å². The molecule has 1 aromatic heterocycles. The second-order valence-corrected chi connectivity index (χ2v) is 4.12. The molecular formula is C10H17N3O. The highest BCUT2D eigenvalue weighted by atomic mass is 16.3. The van der Waals surface area contributed by atoms with Crippen LogP contribution in [-0.4, -0.2) is 39.5 Å². The predicted molar refractivity (Wildman–Crippen MR) is 53.8 cm³/mol. The Morgan fingerprint density at radius 2 is 2.29 bits per heavy atom. The predicted octanol–water partition coefficient (Wildman–Crippen LogP) is 0.153. The van der Waals surface area contributed by atoms with Gasteiger partial charge < -0.3 is 5.11 Å². The number of aliphatic hydroxyl groups is 1. The molecule has 78 valence electrons. The van der Waals surface area contributed by atoms with Gasteiger partial charge in [-0.2, -0.15) is 5.10 Å². The van der Waals surface area contributed by atoms with Crippen molar-refractivity contribution in [2.75, 3.05) is 19.7 Å². The minimum absolute atomic E-state index is 0.322. The summed E-state index contributed by atoms with van der Waals surface area (Å²) in [7, 11) is 1.96. The Labute approximate surface area is 84.1 Å². The Bertz CT molecular complexity index is 315. The minimum atomic E-state index is 0.322. The molecule has 0 atom stereocenters. The number of hydrogen-bond acceptors (Lipinski definition) is 3. The third kappa shape index (κ3) is 1.67. The van der Waals surface area contributed by atoms with Gasteiger partial charge in [-0.1, -0.05) is 0 Å². The molecule has 2 rings (SSSR count). The molecule has 0 amide bonds. The fraction of sp³-hybridized carbons (Fsp3) is 0.700. The number of aryl methyl sites for hydroxylation is 1. The summed E-state index contributed by atoms with van der Waals surface area (Å²) in [5.41, 5.74) is 2.53. The smallest absolute Gasteiger partial charge is 0.0537 e. The highest BCUT2D eigenvalue weighted by molar-refractivity contribution is 5.16. The lowest BCUT2D eigenvalue weighted by molar-refractivity contribution is 0.0478. The summed E-state index contributed by atoms with van der Waals surface area (Å²) in [4.78, 5) is 2.34. The first-order valence-electron chi connectivity index (χ1n) is 5.01. The van der Waals surface area contributed by atoms with E-state index in [0.717, 1.165) is 19.6 Å². The second-order valence-electron chi connectivity index (χ2n) is 4.12. The topological polar surface area (TPSA) is 41.3 Å². The Kier molecular flexibility index (Phi) is 2.56.